The van der Waals surface area contributed by atoms with Crippen molar-refractivity contribution < 1.29 is 4.79 Å². The molecule has 0 aliphatic heterocycles. The van der Waals surface area contributed by atoms with E-state index in [1.165, 1.54) is 11.2 Å². The number of hydrogen-bond acceptors (Lipinski definition) is 8. The lowest BCUT2D eigenvalue weighted by molar-refractivity contribution is 0.0938. The van der Waals surface area contributed by atoms with Gasteiger partial charge in [-0.05, 0) is 48.9 Å². The number of thiophene rings is 1. The highest BCUT2D eigenvalue weighted by atomic mass is 32.1. The van der Waals surface area contributed by atoms with Crippen molar-refractivity contribution in [3.8, 4) is 16.3 Å². The van der Waals surface area contributed by atoms with Gasteiger partial charge in [0.2, 0.25) is 0 Å². The molecule has 0 saturated heterocycles. The number of carbonyl (C=O) groups is 1. The highest BCUT2D eigenvalue weighted by molar-refractivity contribution is 7.15. The van der Waals surface area contributed by atoms with E-state index in [-0.39, 0.29) is 11.9 Å². The second-order valence-corrected chi connectivity index (χ2v) is 8.97. The zero-order valence-electron chi connectivity index (χ0n) is 18.3. The summed E-state index contributed by atoms with van der Waals surface area (Å²) >= 11 is 1.67. The van der Waals surface area contributed by atoms with Crippen molar-refractivity contribution in [2.45, 2.75) is 39.7 Å². The number of H-pyrrole nitrogens is 1. The lowest BCUT2D eigenvalue weighted by Crippen LogP contribution is -2.28. The SMILES string of the molecule is CCCc1nnnn1-c1cc(C(=O)NC(C)c2ncn[nH]2)cn2c(-c3ccc(C)s3)cnc12. The molecule has 0 spiro atoms. The minimum atomic E-state index is -0.343. The van der Waals surface area contributed by atoms with Crippen molar-refractivity contribution in [1.29, 1.82) is 0 Å². The third-order valence-corrected chi connectivity index (χ3v) is 6.29. The van der Waals surface area contributed by atoms with Crippen molar-refractivity contribution in [3.05, 3.63) is 59.0 Å². The second kappa shape index (κ2) is 8.54. The van der Waals surface area contributed by atoms with Crippen LogP contribution in [0.4, 0.5) is 0 Å². The van der Waals surface area contributed by atoms with Gasteiger partial charge in [-0.3, -0.25) is 14.3 Å². The number of pyridine rings is 1. The number of hydrogen-bond donors (Lipinski definition) is 2. The molecule has 2 N–H and O–H groups in total. The molecule has 5 rings (SSSR count). The van der Waals surface area contributed by atoms with E-state index < -0.39 is 0 Å². The first kappa shape index (κ1) is 20.9. The van der Waals surface area contributed by atoms with Crippen LogP contribution in [0.25, 0.3) is 21.9 Å². The number of aryl methyl sites for hydroxylation is 2. The molecule has 0 saturated carbocycles. The topological polar surface area (TPSA) is 132 Å². The first-order chi connectivity index (χ1) is 16.0. The van der Waals surface area contributed by atoms with E-state index in [1.54, 1.807) is 28.3 Å². The summed E-state index contributed by atoms with van der Waals surface area (Å²) in [6, 6.07) is 5.55. The summed E-state index contributed by atoms with van der Waals surface area (Å²) in [5.41, 5.74) is 2.66. The molecule has 1 unspecified atom stereocenters. The van der Waals surface area contributed by atoms with E-state index in [0.29, 0.717) is 35.0 Å². The van der Waals surface area contributed by atoms with Crippen LogP contribution < -0.4 is 5.32 Å². The number of amides is 1. The maximum Gasteiger partial charge on any atom is 0.253 e. The Bertz CT molecular complexity index is 1410. The molecule has 11 nitrogen and oxygen atoms in total. The van der Waals surface area contributed by atoms with Gasteiger partial charge in [0.05, 0.1) is 28.4 Å². The summed E-state index contributed by atoms with van der Waals surface area (Å²) in [5, 5.41) is 21.8. The summed E-state index contributed by atoms with van der Waals surface area (Å²) in [5.74, 6) is 1.03. The Labute approximate surface area is 192 Å². The molecular weight excluding hydrogens is 440 g/mol. The Hall–Kier alpha value is -3.93. The first-order valence-corrected chi connectivity index (χ1v) is 11.4. The molecule has 33 heavy (non-hydrogen) atoms. The highest BCUT2D eigenvalue weighted by Gasteiger charge is 2.21. The number of fused-ring (bicyclic) bond motifs is 1. The standard InChI is InChI=1S/C21H22N10OS/c1-4-5-18-26-28-29-31(18)15-8-14(21(32)25-13(3)19-23-11-24-27-19)10-30-16(9-22-20(15)30)17-7-6-12(2)33-17/h6-11,13H,4-5H2,1-3H3,(H,25,32)(H,23,24,27). The molecule has 5 aromatic rings. The average Bonchev–Trinajstić information content (AvgIpc) is 3.59. The maximum atomic E-state index is 13.2. The van der Waals surface area contributed by atoms with Crippen molar-refractivity contribution >= 4 is 22.9 Å². The van der Waals surface area contributed by atoms with Crippen molar-refractivity contribution in [1.82, 2.24) is 50.1 Å². The van der Waals surface area contributed by atoms with Crippen LogP contribution >= 0.6 is 11.3 Å². The lowest BCUT2D eigenvalue weighted by Gasteiger charge is -2.13. The van der Waals surface area contributed by atoms with E-state index in [2.05, 4.69) is 67.0 Å². The number of nitrogens with one attached hydrogen (secondary N) is 2. The predicted octanol–water partition coefficient (Wildman–Crippen LogP) is 2.91. The van der Waals surface area contributed by atoms with Gasteiger partial charge in [-0.2, -0.15) is 9.78 Å². The highest BCUT2D eigenvalue weighted by Crippen LogP contribution is 2.30. The zero-order valence-corrected chi connectivity index (χ0v) is 19.2. The Kier molecular flexibility index (Phi) is 5.42. The molecule has 0 aromatic carbocycles. The predicted molar refractivity (Wildman–Crippen MR) is 122 cm³/mol. The van der Waals surface area contributed by atoms with Crippen LogP contribution in [0.15, 0.2) is 36.9 Å². The van der Waals surface area contributed by atoms with Gasteiger partial charge >= 0.3 is 0 Å². The number of tetrazole rings is 1. The van der Waals surface area contributed by atoms with Gasteiger partial charge in [0.25, 0.3) is 5.91 Å². The molecule has 1 atom stereocenters. The van der Waals surface area contributed by atoms with Gasteiger partial charge in [-0.1, -0.05) is 6.92 Å². The Balaban J connectivity index is 1.64. The zero-order chi connectivity index (χ0) is 22.9. The van der Waals surface area contributed by atoms with Crippen LogP contribution in [-0.4, -0.2) is 50.7 Å². The molecule has 0 bridgehead atoms. The summed E-state index contributed by atoms with van der Waals surface area (Å²) in [6.45, 7) is 5.97. The molecule has 168 valence electrons. The number of rotatable bonds is 7. The summed E-state index contributed by atoms with van der Waals surface area (Å²) < 4.78 is 3.58. The van der Waals surface area contributed by atoms with Crippen LogP contribution in [0.5, 0.6) is 0 Å². The van der Waals surface area contributed by atoms with Gasteiger partial charge in [-0.25, -0.2) is 9.97 Å². The molecule has 5 aromatic heterocycles. The summed E-state index contributed by atoms with van der Waals surface area (Å²) in [7, 11) is 0. The smallest absolute Gasteiger partial charge is 0.253 e. The van der Waals surface area contributed by atoms with Gasteiger partial charge in [0.1, 0.15) is 17.8 Å². The Morgan fingerprint density at radius 1 is 1.30 bits per heavy atom. The average molecular weight is 463 g/mol. The van der Waals surface area contributed by atoms with Gasteiger partial charge < -0.3 is 5.32 Å². The van der Waals surface area contributed by atoms with E-state index in [4.69, 9.17) is 0 Å². The monoisotopic (exact) mass is 462 g/mol. The van der Waals surface area contributed by atoms with E-state index in [9.17, 15) is 4.79 Å². The number of carbonyl (C=O) groups excluding carboxylic acids is 1. The fourth-order valence-corrected chi connectivity index (χ4v) is 4.52. The molecule has 0 aliphatic rings. The van der Waals surface area contributed by atoms with Crippen molar-refractivity contribution in [2.75, 3.05) is 0 Å². The quantitative estimate of drug-likeness (QED) is 0.380. The number of imidazole rings is 1. The summed E-state index contributed by atoms with van der Waals surface area (Å²) in [4.78, 5) is 24.3. The van der Waals surface area contributed by atoms with Crippen LogP contribution in [0, 0.1) is 6.92 Å². The van der Waals surface area contributed by atoms with Gasteiger partial charge in [0, 0.05) is 17.5 Å². The third kappa shape index (κ3) is 3.89. The largest absolute Gasteiger partial charge is 0.342 e. The fraction of sp³-hybridized carbons (Fsp3) is 0.286. The van der Waals surface area contributed by atoms with Crippen LogP contribution in [0.1, 0.15) is 53.2 Å². The van der Waals surface area contributed by atoms with Crippen LogP contribution in [0.3, 0.4) is 0 Å². The fourth-order valence-electron chi connectivity index (χ4n) is 3.65. The first-order valence-electron chi connectivity index (χ1n) is 10.6. The number of nitrogens with zero attached hydrogens (tertiary/aromatic N) is 8. The molecule has 12 heteroatoms. The molecule has 1 amide bonds. The van der Waals surface area contributed by atoms with E-state index >= 15 is 0 Å². The molecule has 0 aliphatic carbocycles. The third-order valence-electron chi connectivity index (χ3n) is 5.27. The van der Waals surface area contributed by atoms with Crippen LogP contribution in [0.2, 0.25) is 0 Å². The van der Waals surface area contributed by atoms with E-state index in [0.717, 1.165) is 17.0 Å². The number of aromatic nitrogens is 9. The Morgan fingerprint density at radius 3 is 2.91 bits per heavy atom. The summed E-state index contributed by atoms with van der Waals surface area (Å²) in [6.07, 6.45) is 6.61. The minimum absolute atomic E-state index is 0.255. The van der Waals surface area contributed by atoms with E-state index in [1.807, 2.05) is 17.5 Å². The normalized spacial score (nSPS) is 12.3. The Morgan fingerprint density at radius 2 is 2.18 bits per heavy atom. The van der Waals surface area contributed by atoms with Crippen LogP contribution in [-0.2, 0) is 6.42 Å². The van der Waals surface area contributed by atoms with Crippen molar-refractivity contribution in [2.24, 2.45) is 0 Å². The van der Waals surface area contributed by atoms with Crippen molar-refractivity contribution in [3.63, 3.8) is 0 Å². The molecule has 5 heterocycles. The van der Waals surface area contributed by atoms with Gasteiger partial charge in [-0.15, -0.1) is 16.4 Å². The molecule has 0 radical (unpaired) electrons. The number of aromatic amines is 1. The maximum absolute atomic E-state index is 13.2. The minimum Gasteiger partial charge on any atom is -0.342 e. The van der Waals surface area contributed by atoms with Gasteiger partial charge in [0.15, 0.2) is 11.5 Å². The molecule has 0 fully saturated rings. The lowest BCUT2D eigenvalue weighted by atomic mass is 10.2. The molecular formula is C21H22N10OS. The second-order valence-electron chi connectivity index (χ2n) is 7.68.